The van der Waals surface area contributed by atoms with E-state index in [0.717, 1.165) is 141 Å². The molecule has 0 aliphatic heterocycles. The lowest BCUT2D eigenvalue weighted by Crippen LogP contribution is -2.30. The maximum absolute atomic E-state index is 12.9. The molecular weight excluding hydrogens is 973 g/mol. The summed E-state index contributed by atoms with van der Waals surface area (Å²) in [6, 6.07) is 0. The third kappa shape index (κ3) is 63.5. The fourth-order valence-corrected chi connectivity index (χ4v) is 8.07. The van der Waals surface area contributed by atoms with E-state index in [0.29, 0.717) is 25.7 Å². The fourth-order valence-electron chi connectivity index (χ4n) is 8.07. The van der Waals surface area contributed by atoms with Gasteiger partial charge in [0.25, 0.3) is 0 Å². The molecule has 0 spiro atoms. The second-order valence-electron chi connectivity index (χ2n) is 20.2. The highest BCUT2D eigenvalue weighted by Crippen LogP contribution is 2.14. The molecule has 0 aliphatic carbocycles. The highest BCUT2D eigenvalue weighted by molar-refractivity contribution is 5.71. The average Bonchev–Trinajstić information content (AvgIpc) is 3.45. The lowest BCUT2D eigenvalue weighted by molar-refractivity contribution is -0.167. The Hall–Kier alpha value is -5.23. The summed E-state index contributed by atoms with van der Waals surface area (Å²) < 4.78 is 16.9. The van der Waals surface area contributed by atoms with Crippen LogP contribution < -0.4 is 0 Å². The van der Waals surface area contributed by atoms with Gasteiger partial charge < -0.3 is 14.2 Å². The predicted octanol–water partition coefficient (Wildman–Crippen LogP) is 21.9. The van der Waals surface area contributed by atoms with Crippen molar-refractivity contribution in [1.82, 2.24) is 0 Å². The van der Waals surface area contributed by atoms with Gasteiger partial charge in [-0.05, 0) is 148 Å². The van der Waals surface area contributed by atoms with Gasteiger partial charge in [0.1, 0.15) is 13.2 Å². The number of carbonyl (C=O) groups excluding carboxylic acids is 3. The molecule has 0 bridgehead atoms. The van der Waals surface area contributed by atoms with E-state index in [9.17, 15) is 14.4 Å². The number of hydrogen-bond acceptors (Lipinski definition) is 6. The zero-order valence-electron chi connectivity index (χ0n) is 50.6. The van der Waals surface area contributed by atoms with Crippen LogP contribution in [0.15, 0.2) is 170 Å². The Kier molecular flexibility index (Phi) is 61.0. The second-order valence-corrected chi connectivity index (χ2v) is 20.2. The molecule has 0 fully saturated rings. The highest BCUT2D eigenvalue weighted by atomic mass is 16.6. The van der Waals surface area contributed by atoms with Crippen molar-refractivity contribution in [2.75, 3.05) is 13.2 Å². The maximum Gasteiger partial charge on any atom is 0.306 e. The standard InChI is InChI=1S/C73H114O6/c1-4-7-10-13-16-19-22-25-28-30-32-33-34-35-36-37-38-39-41-42-45-48-51-54-57-60-63-66-72(75)78-69-70(68-77-71(74)65-62-59-56-53-50-47-44-27-24-21-18-15-12-9-6-3)79-73(76)67-64-61-58-55-52-49-46-43-40-31-29-26-23-20-17-14-11-8-5-2/h7-12,16-21,25-29,32-33,35-36,40,43-44,49-50,52-53,70H,4-6,13-15,22-24,30-31,34,37-39,41-42,45-48,51,54-69H2,1-3H3/b10-7-,11-8-,12-9-,19-16-,20-17-,21-18-,28-25-,29-26-,33-32-,36-35-,43-40-,44-27-,52-49-,53-50-. The lowest BCUT2D eigenvalue weighted by Gasteiger charge is -2.18. The monoisotopic (exact) mass is 1090 g/mol. The molecular formula is C73H114O6. The topological polar surface area (TPSA) is 78.9 Å². The number of carbonyl (C=O) groups is 3. The van der Waals surface area contributed by atoms with Gasteiger partial charge in [-0.2, -0.15) is 0 Å². The Bertz CT molecular complexity index is 1820. The van der Waals surface area contributed by atoms with Crippen molar-refractivity contribution in [1.29, 1.82) is 0 Å². The molecule has 6 nitrogen and oxygen atoms in total. The molecule has 1 unspecified atom stereocenters. The van der Waals surface area contributed by atoms with E-state index in [2.05, 4.69) is 191 Å². The Morgan fingerprint density at radius 1 is 0.253 bits per heavy atom. The zero-order chi connectivity index (χ0) is 57.1. The summed E-state index contributed by atoms with van der Waals surface area (Å²) in [4.78, 5) is 38.3. The van der Waals surface area contributed by atoms with Crippen LogP contribution in [0.2, 0.25) is 0 Å². The minimum Gasteiger partial charge on any atom is -0.462 e. The number of rotatable bonds is 55. The zero-order valence-corrected chi connectivity index (χ0v) is 50.6. The van der Waals surface area contributed by atoms with Crippen molar-refractivity contribution >= 4 is 17.9 Å². The number of allylic oxidation sites excluding steroid dienone is 28. The van der Waals surface area contributed by atoms with E-state index in [1.54, 1.807) is 0 Å². The molecule has 0 aliphatic rings. The Morgan fingerprint density at radius 2 is 0.456 bits per heavy atom. The quantitative estimate of drug-likeness (QED) is 0.0261. The molecule has 0 aromatic rings. The molecule has 0 rings (SSSR count). The van der Waals surface area contributed by atoms with Crippen molar-refractivity contribution in [3.63, 3.8) is 0 Å². The largest absolute Gasteiger partial charge is 0.462 e. The molecule has 1 atom stereocenters. The maximum atomic E-state index is 12.9. The van der Waals surface area contributed by atoms with Crippen molar-refractivity contribution in [3.05, 3.63) is 170 Å². The van der Waals surface area contributed by atoms with Crippen molar-refractivity contribution < 1.29 is 28.6 Å². The summed E-state index contributed by atoms with van der Waals surface area (Å²) in [5.74, 6) is -0.998. The lowest BCUT2D eigenvalue weighted by atomic mass is 10.0. The van der Waals surface area contributed by atoms with Crippen molar-refractivity contribution in [2.45, 2.75) is 258 Å². The van der Waals surface area contributed by atoms with Crippen LogP contribution in [0, 0.1) is 0 Å². The first kappa shape index (κ1) is 73.8. The van der Waals surface area contributed by atoms with Crippen LogP contribution in [0.4, 0.5) is 0 Å². The molecule has 0 radical (unpaired) electrons. The van der Waals surface area contributed by atoms with Gasteiger partial charge in [0.2, 0.25) is 0 Å². The first-order valence-corrected chi connectivity index (χ1v) is 31.6. The van der Waals surface area contributed by atoms with E-state index in [4.69, 9.17) is 14.2 Å². The predicted molar refractivity (Wildman–Crippen MR) is 343 cm³/mol. The second kappa shape index (κ2) is 65.3. The van der Waals surface area contributed by atoms with E-state index >= 15 is 0 Å². The van der Waals surface area contributed by atoms with Gasteiger partial charge in [-0.1, -0.05) is 255 Å². The van der Waals surface area contributed by atoms with E-state index < -0.39 is 6.10 Å². The Morgan fingerprint density at radius 3 is 0.747 bits per heavy atom. The normalized spacial score (nSPS) is 13.3. The third-order valence-electron chi connectivity index (χ3n) is 12.7. The van der Waals surface area contributed by atoms with Gasteiger partial charge in [-0.15, -0.1) is 0 Å². The molecule has 0 aromatic heterocycles. The van der Waals surface area contributed by atoms with Crippen LogP contribution in [0.3, 0.4) is 0 Å². The van der Waals surface area contributed by atoms with Gasteiger partial charge in [-0.3, -0.25) is 14.4 Å². The van der Waals surface area contributed by atoms with Gasteiger partial charge in [0.05, 0.1) is 0 Å². The number of unbranched alkanes of at least 4 members (excludes halogenated alkanes) is 16. The minimum atomic E-state index is -0.824. The first-order chi connectivity index (χ1) is 39.0. The average molecular weight is 1090 g/mol. The van der Waals surface area contributed by atoms with Gasteiger partial charge in [0, 0.05) is 19.3 Å². The summed E-state index contributed by atoms with van der Waals surface area (Å²) in [5.41, 5.74) is 0. The molecule has 0 N–H and O–H groups in total. The van der Waals surface area contributed by atoms with Gasteiger partial charge in [-0.25, -0.2) is 0 Å². The molecule has 79 heavy (non-hydrogen) atoms. The van der Waals surface area contributed by atoms with Crippen LogP contribution >= 0.6 is 0 Å². The molecule has 0 heterocycles. The Labute approximate surface area is 485 Å². The van der Waals surface area contributed by atoms with Gasteiger partial charge in [0.15, 0.2) is 6.10 Å². The molecule has 0 saturated heterocycles. The smallest absolute Gasteiger partial charge is 0.306 e. The molecule has 6 heteroatoms. The van der Waals surface area contributed by atoms with E-state index in [1.165, 1.54) is 57.8 Å². The first-order valence-electron chi connectivity index (χ1n) is 31.6. The molecule has 0 saturated carbocycles. The fraction of sp³-hybridized carbons (Fsp3) is 0.575. The Balaban J connectivity index is 4.45. The summed E-state index contributed by atoms with van der Waals surface area (Å²) in [6.45, 7) is 6.23. The number of ether oxygens (including phenoxy) is 3. The van der Waals surface area contributed by atoms with Gasteiger partial charge >= 0.3 is 17.9 Å². The van der Waals surface area contributed by atoms with Crippen LogP contribution in [-0.4, -0.2) is 37.2 Å². The number of hydrogen-bond donors (Lipinski definition) is 0. The summed E-state index contributed by atoms with van der Waals surface area (Å²) in [6.07, 6.45) is 96.4. The highest BCUT2D eigenvalue weighted by Gasteiger charge is 2.19. The summed E-state index contributed by atoms with van der Waals surface area (Å²) in [7, 11) is 0. The summed E-state index contributed by atoms with van der Waals surface area (Å²) in [5, 5.41) is 0. The van der Waals surface area contributed by atoms with Crippen molar-refractivity contribution in [2.24, 2.45) is 0 Å². The van der Waals surface area contributed by atoms with E-state index in [-0.39, 0.29) is 37.5 Å². The molecule has 442 valence electrons. The van der Waals surface area contributed by atoms with Crippen LogP contribution in [-0.2, 0) is 28.6 Å². The van der Waals surface area contributed by atoms with E-state index in [1.807, 2.05) is 0 Å². The molecule has 0 amide bonds. The molecule has 0 aromatic carbocycles. The third-order valence-corrected chi connectivity index (χ3v) is 12.7. The minimum absolute atomic E-state index is 0.114. The SMILES string of the molecule is CC/C=C\C/C=C\C/C=C\C/C=C\C/C=C\CCCCCCCCCCCCCC(=O)OCC(COC(=O)CCCC/C=C\C/C=C\C/C=C\C/C=C\CC)OC(=O)CCCCC/C=C\C/C=C\C/C=C\C/C=C\C/C=C\CC. The van der Waals surface area contributed by atoms with Crippen LogP contribution in [0.25, 0.3) is 0 Å². The van der Waals surface area contributed by atoms with Crippen molar-refractivity contribution in [3.8, 4) is 0 Å². The van der Waals surface area contributed by atoms with Crippen LogP contribution in [0.1, 0.15) is 252 Å². The summed E-state index contributed by atoms with van der Waals surface area (Å²) >= 11 is 0. The van der Waals surface area contributed by atoms with Crippen LogP contribution in [0.5, 0.6) is 0 Å². The number of esters is 3.